The Hall–Kier alpha value is -2.07. The summed E-state index contributed by atoms with van der Waals surface area (Å²) in [5, 5.41) is 0. The molecule has 19 heavy (non-hydrogen) atoms. The topological polar surface area (TPSA) is 60.2 Å². The third-order valence-electron chi connectivity index (χ3n) is 2.87. The van der Waals surface area contributed by atoms with E-state index in [-0.39, 0.29) is 0 Å². The highest BCUT2D eigenvalue weighted by molar-refractivity contribution is 5.34. The zero-order chi connectivity index (χ0) is 13.7. The van der Waals surface area contributed by atoms with E-state index in [0.717, 1.165) is 11.4 Å². The molecule has 0 saturated carbocycles. The third-order valence-corrected chi connectivity index (χ3v) is 2.87. The number of hydrogen-bond donors (Lipinski definition) is 2. The number of hydrogen-bond acceptors (Lipinski definition) is 4. The fourth-order valence-corrected chi connectivity index (χ4v) is 1.76. The zero-order valence-corrected chi connectivity index (χ0v) is 11.3. The van der Waals surface area contributed by atoms with Crippen LogP contribution in [0.2, 0.25) is 0 Å². The largest absolute Gasteiger partial charge is 0.487 e. The summed E-state index contributed by atoms with van der Waals surface area (Å²) in [5.74, 6) is 7.31. The number of hydrazine groups is 1. The van der Waals surface area contributed by atoms with Crippen LogP contribution < -0.4 is 16.0 Å². The van der Waals surface area contributed by atoms with Crippen molar-refractivity contribution in [2.24, 2.45) is 5.84 Å². The molecule has 1 heterocycles. The molecule has 1 aromatic carbocycles. The van der Waals surface area contributed by atoms with Gasteiger partial charge in [-0.15, -0.1) is 0 Å². The SMILES string of the molecule is CC(C)c1cccc(OCc2cccc(NN)n2)c1. The minimum absolute atomic E-state index is 0.428. The summed E-state index contributed by atoms with van der Waals surface area (Å²) in [6.45, 7) is 4.76. The van der Waals surface area contributed by atoms with Gasteiger partial charge in [-0.05, 0) is 35.7 Å². The van der Waals surface area contributed by atoms with Gasteiger partial charge in [-0.3, -0.25) is 0 Å². The lowest BCUT2D eigenvalue weighted by Crippen LogP contribution is -2.09. The van der Waals surface area contributed by atoms with Gasteiger partial charge in [0.15, 0.2) is 0 Å². The number of anilines is 1. The summed E-state index contributed by atoms with van der Waals surface area (Å²) in [4.78, 5) is 4.30. The van der Waals surface area contributed by atoms with Crippen molar-refractivity contribution in [2.45, 2.75) is 26.4 Å². The normalized spacial score (nSPS) is 10.5. The molecule has 0 aliphatic heterocycles. The molecule has 4 heteroatoms. The molecule has 0 aliphatic carbocycles. The number of ether oxygens (including phenoxy) is 1. The number of nitrogens with one attached hydrogen (secondary N) is 1. The molecule has 1 aromatic heterocycles. The maximum Gasteiger partial charge on any atom is 0.140 e. The maximum atomic E-state index is 5.75. The van der Waals surface area contributed by atoms with Crippen molar-refractivity contribution in [2.75, 3.05) is 5.43 Å². The quantitative estimate of drug-likeness (QED) is 0.638. The summed E-state index contributed by atoms with van der Waals surface area (Å²) in [6.07, 6.45) is 0. The lowest BCUT2D eigenvalue weighted by molar-refractivity contribution is 0.301. The summed E-state index contributed by atoms with van der Waals surface area (Å²) in [5.41, 5.74) is 4.63. The van der Waals surface area contributed by atoms with E-state index < -0.39 is 0 Å². The molecule has 3 N–H and O–H groups in total. The lowest BCUT2D eigenvalue weighted by Gasteiger charge is -2.10. The van der Waals surface area contributed by atoms with Crippen LogP contribution >= 0.6 is 0 Å². The Bertz CT molecular complexity index is 540. The van der Waals surface area contributed by atoms with Gasteiger partial charge in [-0.25, -0.2) is 10.8 Å². The van der Waals surface area contributed by atoms with Crippen molar-refractivity contribution in [3.63, 3.8) is 0 Å². The van der Waals surface area contributed by atoms with Gasteiger partial charge in [0.05, 0.1) is 5.69 Å². The van der Waals surface area contributed by atoms with Crippen molar-refractivity contribution >= 4 is 5.82 Å². The van der Waals surface area contributed by atoms with E-state index in [2.05, 4.69) is 36.4 Å². The van der Waals surface area contributed by atoms with Crippen molar-refractivity contribution in [1.82, 2.24) is 4.98 Å². The van der Waals surface area contributed by atoms with E-state index >= 15 is 0 Å². The van der Waals surface area contributed by atoms with Crippen LogP contribution in [0.15, 0.2) is 42.5 Å². The Morgan fingerprint density at radius 2 is 2.00 bits per heavy atom. The van der Waals surface area contributed by atoms with Gasteiger partial charge in [0.25, 0.3) is 0 Å². The van der Waals surface area contributed by atoms with Crippen LogP contribution in [0.25, 0.3) is 0 Å². The zero-order valence-electron chi connectivity index (χ0n) is 11.3. The molecular formula is C15H19N3O. The molecule has 0 unspecified atom stereocenters. The smallest absolute Gasteiger partial charge is 0.140 e. The fraction of sp³-hybridized carbons (Fsp3) is 0.267. The van der Waals surface area contributed by atoms with Gasteiger partial charge >= 0.3 is 0 Å². The number of benzene rings is 1. The molecule has 0 aliphatic rings. The molecule has 0 saturated heterocycles. The summed E-state index contributed by atoms with van der Waals surface area (Å²) in [7, 11) is 0. The van der Waals surface area contributed by atoms with Gasteiger partial charge in [-0.1, -0.05) is 32.0 Å². The molecular weight excluding hydrogens is 238 g/mol. The Labute approximate surface area is 113 Å². The van der Waals surface area contributed by atoms with Crippen molar-refractivity contribution in [3.8, 4) is 5.75 Å². The molecule has 4 nitrogen and oxygen atoms in total. The highest BCUT2D eigenvalue weighted by atomic mass is 16.5. The van der Waals surface area contributed by atoms with Crippen LogP contribution in [0.1, 0.15) is 31.0 Å². The molecule has 0 radical (unpaired) electrons. The van der Waals surface area contributed by atoms with Crippen LogP contribution in [-0.2, 0) is 6.61 Å². The second-order valence-corrected chi connectivity index (χ2v) is 4.67. The van der Waals surface area contributed by atoms with E-state index in [1.54, 1.807) is 0 Å². The molecule has 0 bridgehead atoms. The number of nitrogens with two attached hydrogens (primary N) is 1. The second-order valence-electron chi connectivity index (χ2n) is 4.67. The average molecular weight is 257 g/mol. The third kappa shape index (κ3) is 3.69. The summed E-state index contributed by atoms with van der Waals surface area (Å²) in [6, 6.07) is 13.7. The van der Waals surface area contributed by atoms with Gasteiger partial charge in [0.1, 0.15) is 18.2 Å². The van der Waals surface area contributed by atoms with E-state index in [9.17, 15) is 0 Å². The molecule has 0 fully saturated rings. The first kappa shape index (κ1) is 13.4. The van der Waals surface area contributed by atoms with E-state index in [0.29, 0.717) is 18.3 Å². The van der Waals surface area contributed by atoms with Crippen molar-refractivity contribution in [1.29, 1.82) is 0 Å². The first-order valence-corrected chi connectivity index (χ1v) is 6.34. The van der Waals surface area contributed by atoms with Gasteiger partial charge in [0, 0.05) is 0 Å². The predicted molar refractivity (Wildman–Crippen MR) is 76.9 cm³/mol. The van der Waals surface area contributed by atoms with Crippen LogP contribution in [0.5, 0.6) is 5.75 Å². The first-order chi connectivity index (χ1) is 9.19. The summed E-state index contributed by atoms with van der Waals surface area (Å²) < 4.78 is 5.75. The van der Waals surface area contributed by atoms with Crippen molar-refractivity contribution in [3.05, 3.63) is 53.7 Å². The highest BCUT2D eigenvalue weighted by Gasteiger charge is 2.02. The first-order valence-electron chi connectivity index (χ1n) is 6.34. The van der Waals surface area contributed by atoms with E-state index in [4.69, 9.17) is 10.6 Å². The van der Waals surface area contributed by atoms with E-state index in [1.165, 1.54) is 5.56 Å². The molecule has 0 atom stereocenters. The highest BCUT2D eigenvalue weighted by Crippen LogP contribution is 2.20. The molecule has 100 valence electrons. The number of pyridine rings is 1. The van der Waals surface area contributed by atoms with Gasteiger partial charge in [-0.2, -0.15) is 0 Å². The predicted octanol–water partition coefficient (Wildman–Crippen LogP) is 3.07. The number of aromatic nitrogens is 1. The molecule has 0 amide bonds. The number of rotatable bonds is 5. The standard InChI is InChI=1S/C15H19N3O/c1-11(2)12-5-3-7-14(9-12)19-10-13-6-4-8-15(17-13)18-16/h3-9,11H,10,16H2,1-2H3,(H,17,18). The van der Waals surface area contributed by atoms with Gasteiger partial charge < -0.3 is 10.2 Å². The maximum absolute atomic E-state index is 5.75. The molecule has 0 spiro atoms. The Balaban J connectivity index is 2.03. The monoisotopic (exact) mass is 257 g/mol. The lowest BCUT2D eigenvalue weighted by atomic mass is 10.0. The average Bonchev–Trinajstić information content (AvgIpc) is 2.45. The number of nitrogen functional groups attached to an aromatic ring is 1. The van der Waals surface area contributed by atoms with Crippen molar-refractivity contribution < 1.29 is 4.74 Å². The Morgan fingerprint density at radius 1 is 1.21 bits per heavy atom. The van der Waals surface area contributed by atoms with Crippen LogP contribution in [-0.4, -0.2) is 4.98 Å². The van der Waals surface area contributed by atoms with Crippen LogP contribution in [0, 0.1) is 0 Å². The van der Waals surface area contributed by atoms with E-state index in [1.807, 2.05) is 30.3 Å². The van der Waals surface area contributed by atoms with Gasteiger partial charge in [0.2, 0.25) is 0 Å². The Morgan fingerprint density at radius 3 is 2.74 bits per heavy atom. The minimum atomic E-state index is 0.428. The molecule has 2 aromatic rings. The minimum Gasteiger partial charge on any atom is -0.487 e. The van der Waals surface area contributed by atoms with Crippen LogP contribution in [0.3, 0.4) is 0 Å². The second kappa shape index (κ2) is 6.20. The molecule has 2 rings (SSSR count). The Kier molecular flexibility index (Phi) is 4.36. The number of nitrogens with zero attached hydrogens (tertiary/aromatic N) is 1. The fourth-order valence-electron chi connectivity index (χ4n) is 1.76. The summed E-state index contributed by atoms with van der Waals surface area (Å²) >= 11 is 0. The van der Waals surface area contributed by atoms with Crippen LogP contribution in [0.4, 0.5) is 5.82 Å².